The fourth-order valence-electron chi connectivity index (χ4n) is 3.00. The van der Waals surface area contributed by atoms with Crippen LogP contribution in [0.2, 0.25) is 0 Å². The Labute approximate surface area is 162 Å². The molecule has 6 heteroatoms. The normalized spacial score (nSPS) is 18.1. The minimum absolute atomic E-state index is 0. The van der Waals surface area contributed by atoms with Gasteiger partial charge < -0.3 is 15.5 Å². The van der Waals surface area contributed by atoms with E-state index in [-0.39, 0.29) is 29.9 Å². The molecule has 1 fully saturated rings. The first-order valence-electron chi connectivity index (χ1n) is 8.20. The second-order valence-electron chi connectivity index (χ2n) is 6.71. The van der Waals surface area contributed by atoms with Crippen LogP contribution < -0.4 is 10.6 Å². The van der Waals surface area contributed by atoms with Gasteiger partial charge in [-0.3, -0.25) is 9.79 Å². The largest absolute Gasteiger partial charge is 0.359 e. The van der Waals surface area contributed by atoms with Crippen LogP contribution in [-0.2, 0) is 4.79 Å². The van der Waals surface area contributed by atoms with Crippen molar-refractivity contribution in [3.8, 4) is 0 Å². The molecule has 5 nitrogen and oxygen atoms in total. The van der Waals surface area contributed by atoms with Crippen molar-refractivity contribution in [2.24, 2.45) is 10.4 Å². The molecule has 1 aromatic carbocycles. The number of guanidine groups is 1. The van der Waals surface area contributed by atoms with E-state index in [1.165, 1.54) is 5.56 Å². The van der Waals surface area contributed by atoms with Gasteiger partial charge in [0.2, 0.25) is 5.91 Å². The summed E-state index contributed by atoms with van der Waals surface area (Å²) in [5, 5.41) is 6.07. The van der Waals surface area contributed by atoms with E-state index in [4.69, 9.17) is 0 Å². The van der Waals surface area contributed by atoms with Gasteiger partial charge in [-0.2, -0.15) is 0 Å². The van der Waals surface area contributed by atoms with Crippen LogP contribution in [0.4, 0.5) is 0 Å². The number of likely N-dealkylation sites (tertiary alicyclic amines) is 1. The molecule has 0 bridgehead atoms. The highest BCUT2D eigenvalue weighted by Gasteiger charge is 2.29. The van der Waals surface area contributed by atoms with Gasteiger partial charge in [0.25, 0.3) is 0 Å². The third-order valence-corrected chi connectivity index (χ3v) is 4.50. The number of hydrogen-bond acceptors (Lipinski definition) is 2. The summed E-state index contributed by atoms with van der Waals surface area (Å²) in [6.07, 6.45) is 1.13. The lowest BCUT2D eigenvalue weighted by molar-refractivity contribution is -0.128. The van der Waals surface area contributed by atoms with Crippen molar-refractivity contribution in [2.75, 3.05) is 33.7 Å². The molecule has 134 valence electrons. The Kier molecular flexibility index (Phi) is 7.99. The van der Waals surface area contributed by atoms with Crippen molar-refractivity contribution in [2.45, 2.75) is 26.2 Å². The summed E-state index contributed by atoms with van der Waals surface area (Å²) in [5.74, 6) is 1.45. The Balaban J connectivity index is 0.00000288. The Morgan fingerprint density at radius 3 is 2.58 bits per heavy atom. The summed E-state index contributed by atoms with van der Waals surface area (Å²) in [4.78, 5) is 18.5. The number of rotatable bonds is 4. The van der Waals surface area contributed by atoms with Crippen LogP contribution in [0.1, 0.15) is 31.7 Å². The zero-order valence-electron chi connectivity index (χ0n) is 15.0. The minimum atomic E-state index is -0.469. The second kappa shape index (κ2) is 9.25. The topological polar surface area (TPSA) is 56.7 Å². The number of carbonyl (C=O) groups is 1. The maximum atomic E-state index is 11.9. The molecule has 1 heterocycles. The SMILES string of the molecule is CN=C(NCC(C)(C)C(=O)NC)N1CCC(c2ccccc2)C1.I. The lowest BCUT2D eigenvalue weighted by Crippen LogP contribution is -2.48. The third kappa shape index (κ3) is 5.09. The lowest BCUT2D eigenvalue weighted by atomic mass is 9.92. The molecule has 1 aliphatic heterocycles. The smallest absolute Gasteiger partial charge is 0.227 e. The van der Waals surface area contributed by atoms with E-state index in [0.717, 1.165) is 25.5 Å². The van der Waals surface area contributed by atoms with Crippen LogP contribution in [0.15, 0.2) is 35.3 Å². The van der Waals surface area contributed by atoms with E-state index in [1.54, 1.807) is 14.1 Å². The minimum Gasteiger partial charge on any atom is -0.359 e. The number of nitrogens with zero attached hydrogens (tertiary/aromatic N) is 2. The van der Waals surface area contributed by atoms with E-state index in [1.807, 2.05) is 13.8 Å². The van der Waals surface area contributed by atoms with Crippen molar-refractivity contribution < 1.29 is 4.79 Å². The Morgan fingerprint density at radius 1 is 1.33 bits per heavy atom. The van der Waals surface area contributed by atoms with Crippen molar-refractivity contribution in [3.05, 3.63) is 35.9 Å². The van der Waals surface area contributed by atoms with Gasteiger partial charge in [0, 0.05) is 39.6 Å². The summed E-state index contributed by atoms with van der Waals surface area (Å²) in [6.45, 7) is 6.38. The number of halogens is 1. The molecule has 0 radical (unpaired) electrons. The Hall–Kier alpha value is -1.31. The van der Waals surface area contributed by atoms with Gasteiger partial charge in [-0.15, -0.1) is 24.0 Å². The van der Waals surface area contributed by atoms with Gasteiger partial charge in [-0.1, -0.05) is 30.3 Å². The maximum absolute atomic E-state index is 11.9. The van der Waals surface area contributed by atoms with Crippen LogP contribution >= 0.6 is 24.0 Å². The van der Waals surface area contributed by atoms with Crippen molar-refractivity contribution >= 4 is 35.8 Å². The molecule has 1 aliphatic rings. The second-order valence-corrected chi connectivity index (χ2v) is 6.71. The molecule has 2 N–H and O–H groups in total. The molecule has 1 amide bonds. The average molecular weight is 444 g/mol. The number of carbonyl (C=O) groups excluding carboxylic acids is 1. The molecule has 24 heavy (non-hydrogen) atoms. The fourth-order valence-corrected chi connectivity index (χ4v) is 3.00. The fraction of sp³-hybridized carbons (Fsp3) is 0.556. The monoisotopic (exact) mass is 444 g/mol. The first-order valence-corrected chi connectivity index (χ1v) is 8.20. The summed E-state index contributed by atoms with van der Waals surface area (Å²) in [5.41, 5.74) is 0.916. The first kappa shape index (κ1) is 20.7. The van der Waals surface area contributed by atoms with E-state index in [2.05, 4.69) is 50.9 Å². The number of amides is 1. The Morgan fingerprint density at radius 2 is 2.00 bits per heavy atom. The molecule has 1 aromatic rings. The zero-order valence-corrected chi connectivity index (χ0v) is 17.3. The van der Waals surface area contributed by atoms with Crippen molar-refractivity contribution in [1.82, 2.24) is 15.5 Å². The highest BCUT2D eigenvalue weighted by Crippen LogP contribution is 2.27. The van der Waals surface area contributed by atoms with Crippen LogP contribution in [0.5, 0.6) is 0 Å². The van der Waals surface area contributed by atoms with Gasteiger partial charge in [0.1, 0.15) is 0 Å². The van der Waals surface area contributed by atoms with Crippen LogP contribution in [-0.4, -0.2) is 50.5 Å². The molecular weight excluding hydrogens is 415 g/mol. The maximum Gasteiger partial charge on any atom is 0.227 e. The number of aliphatic imine (C=N–C) groups is 1. The van der Waals surface area contributed by atoms with E-state index >= 15 is 0 Å². The highest BCUT2D eigenvalue weighted by molar-refractivity contribution is 14.0. The number of benzene rings is 1. The quantitative estimate of drug-likeness (QED) is 0.426. The summed E-state index contributed by atoms with van der Waals surface area (Å²) < 4.78 is 0. The van der Waals surface area contributed by atoms with Crippen LogP contribution in [0, 0.1) is 5.41 Å². The molecule has 0 saturated carbocycles. The number of nitrogens with one attached hydrogen (secondary N) is 2. The Bertz CT molecular complexity index is 559. The lowest BCUT2D eigenvalue weighted by Gasteiger charge is -2.27. The molecule has 1 atom stereocenters. The summed E-state index contributed by atoms with van der Waals surface area (Å²) >= 11 is 0. The van der Waals surface area contributed by atoms with Crippen LogP contribution in [0.3, 0.4) is 0 Å². The molecule has 0 aliphatic carbocycles. The van der Waals surface area contributed by atoms with Gasteiger partial charge in [-0.05, 0) is 25.8 Å². The zero-order chi connectivity index (χ0) is 16.9. The van der Waals surface area contributed by atoms with E-state index < -0.39 is 5.41 Å². The molecule has 0 aromatic heterocycles. The van der Waals surface area contributed by atoms with Gasteiger partial charge >= 0.3 is 0 Å². The van der Waals surface area contributed by atoms with Crippen molar-refractivity contribution in [1.29, 1.82) is 0 Å². The van der Waals surface area contributed by atoms with Crippen LogP contribution in [0.25, 0.3) is 0 Å². The van der Waals surface area contributed by atoms with E-state index in [0.29, 0.717) is 12.5 Å². The summed E-state index contributed by atoms with van der Waals surface area (Å²) in [6, 6.07) is 10.6. The van der Waals surface area contributed by atoms with Crippen molar-refractivity contribution in [3.63, 3.8) is 0 Å². The van der Waals surface area contributed by atoms with E-state index in [9.17, 15) is 4.79 Å². The molecular formula is C18H29IN4O. The molecule has 0 spiro atoms. The predicted molar refractivity (Wildman–Crippen MR) is 110 cm³/mol. The molecule has 2 rings (SSSR count). The first-order chi connectivity index (χ1) is 11.0. The van der Waals surface area contributed by atoms with Gasteiger partial charge in [0.05, 0.1) is 5.41 Å². The third-order valence-electron chi connectivity index (χ3n) is 4.50. The average Bonchev–Trinajstić information content (AvgIpc) is 3.05. The predicted octanol–water partition coefficient (Wildman–Crippen LogP) is 2.44. The standard InChI is InChI=1S/C18H28N4O.HI/c1-18(2,16(23)19-3)13-21-17(20-4)22-11-10-15(12-22)14-8-6-5-7-9-14;/h5-9,15H,10-13H2,1-4H3,(H,19,23)(H,20,21);1H. The van der Waals surface area contributed by atoms with Gasteiger partial charge in [-0.25, -0.2) is 0 Å². The molecule has 1 saturated heterocycles. The highest BCUT2D eigenvalue weighted by atomic mass is 127. The van der Waals surface area contributed by atoms with Gasteiger partial charge in [0.15, 0.2) is 5.96 Å². The summed E-state index contributed by atoms with van der Waals surface area (Å²) in [7, 11) is 3.47. The number of hydrogen-bond donors (Lipinski definition) is 2. The molecule has 1 unspecified atom stereocenters.